The fraction of sp³-hybridized carbons (Fsp3) is 0.800. The molecule has 1 aliphatic rings. The Morgan fingerprint density at radius 2 is 1.89 bits per heavy atom. The quantitative estimate of drug-likeness (QED) is 0.711. The summed E-state index contributed by atoms with van der Waals surface area (Å²) in [5.41, 5.74) is 7.44. The first-order valence-electron chi connectivity index (χ1n) is 7.63. The number of aromatic nitrogens is 2. The van der Waals surface area contributed by atoms with Crippen LogP contribution >= 0.6 is 0 Å². The molecule has 18 heavy (non-hydrogen) atoms. The van der Waals surface area contributed by atoms with Crippen molar-refractivity contribution in [3.63, 3.8) is 0 Å². The van der Waals surface area contributed by atoms with E-state index in [1.807, 2.05) is 0 Å². The molecule has 3 heteroatoms. The Bertz CT molecular complexity index is 377. The van der Waals surface area contributed by atoms with Crippen molar-refractivity contribution in [2.24, 2.45) is 0 Å². The van der Waals surface area contributed by atoms with Gasteiger partial charge in [0.05, 0.1) is 5.69 Å². The normalized spacial score (nSPS) is 15.2. The Balaban J connectivity index is 2.03. The first-order valence-corrected chi connectivity index (χ1v) is 7.63. The molecule has 1 aromatic rings. The van der Waals surface area contributed by atoms with Crippen molar-refractivity contribution in [2.75, 3.05) is 5.73 Å². The third kappa shape index (κ3) is 3.06. The lowest BCUT2D eigenvalue weighted by molar-refractivity contribution is 0.661. The second-order valence-corrected chi connectivity index (χ2v) is 5.52. The van der Waals surface area contributed by atoms with Crippen LogP contribution in [-0.4, -0.2) is 9.55 Å². The first-order chi connectivity index (χ1) is 8.77. The minimum absolute atomic E-state index is 0.656. The molecule has 102 valence electrons. The summed E-state index contributed by atoms with van der Waals surface area (Å²) in [6.45, 7) is 4.46. The fourth-order valence-electron chi connectivity index (χ4n) is 2.59. The molecule has 1 aliphatic carbocycles. The van der Waals surface area contributed by atoms with E-state index in [0.717, 1.165) is 30.8 Å². The summed E-state index contributed by atoms with van der Waals surface area (Å²) < 4.78 is 2.32. The number of imidazole rings is 1. The van der Waals surface area contributed by atoms with Gasteiger partial charge in [-0.25, -0.2) is 4.98 Å². The number of nitrogens with zero attached hydrogens (tertiary/aromatic N) is 2. The van der Waals surface area contributed by atoms with Crippen LogP contribution in [-0.2, 0) is 12.8 Å². The minimum atomic E-state index is 0.656. The second kappa shape index (κ2) is 6.26. The van der Waals surface area contributed by atoms with Crippen molar-refractivity contribution in [1.82, 2.24) is 9.55 Å². The summed E-state index contributed by atoms with van der Waals surface area (Å²) in [4.78, 5) is 4.80. The van der Waals surface area contributed by atoms with E-state index in [1.54, 1.807) is 0 Å². The van der Waals surface area contributed by atoms with Gasteiger partial charge < -0.3 is 10.3 Å². The molecular formula is C15H27N3. The number of rotatable bonds is 8. The van der Waals surface area contributed by atoms with Gasteiger partial charge in [0.15, 0.2) is 0 Å². The van der Waals surface area contributed by atoms with Crippen LogP contribution in [0.15, 0.2) is 0 Å². The van der Waals surface area contributed by atoms with Crippen LogP contribution in [0, 0.1) is 0 Å². The van der Waals surface area contributed by atoms with Crippen LogP contribution in [0.25, 0.3) is 0 Å². The van der Waals surface area contributed by atoms with Gasteiger partial charge in [-0.1, -0.05) is 33.1 Å². The Kier molecular flexibility index (Phi) is 4.67. The SMILES string of the molecule is CCCCCCc1nc(CCC)n(C2CC2)c1N. The van der Waals surface area contributed by atoms with E-state index < -0.39 is 0 Å². The van der Waals surface area contributed by atoms with E-state index in [0.29, 0.717) is 6.04 Å². The average molecular weight is 249 g/mol. The van der Waals surface area contributed by atoms with E-state index in [-0.39, 0.29) is 0 Å². The van der Waals surface area contributed by atoms with E-state index in [4.69, 9.17) is 10.7 Å². The summed E-state index contributed by atoms with van der Waals surface area (Å²) in [7, 11) is 0. The summed E-state index contributed by atoms with van der Waals surface area (Å²) in [5.74, 6) is 2.18. The lowest BCUT2D eigenvalue weighted by atomic mass is 10.1. The molecule has 0 saturated heterocycles. The molecule has 1 aromatic heterocycles. The zero-order valence-corrected chi connectivity index (χ0v) is 11.9. The topological polar surface area (TPSA) is 43.8 Å². The molecule has 1 heterocycles. The highest BCUT2D eigenvalue weighted by Gasteiger charge is 2.29. The molecule has 0 amide bonds. The van der Waals surface area contributed by atoms with Gasteiger partial charge in [0.25, 0.3) is 0 Å². The fourth-order valence-corrected chi connectivity index (χ4v) is 2.59. The standard InChI is InChI=1S/C15H27N3/c1-3-5-6-7-9-13-15(16)18(12-10-11-12)14(17-13)8-4-2/h12H,3-11,16H2,1-2H3. The molecule has 0 aliphatic heterocycles. The van der Waals surface area contributed by atoms with Crippen molar-refractivity contribution < 1.29 is 0 Å². The smallest absolute Gasteiger partial charge is 0.127 e. The third-order valence-electron chi connectivity index (χ3n) is 3.75. The van der Waals surface area contributed by atoms with Crippen LogP contribution in [0.3, 0.4) is 0 Å². The monoisotopic (exact) mass is 249 g/mol. The third-order valence-corrected chi connectivity index (χ3v) is 3.75. The molecule has 2 rings (SSSR count). The van der Waals surface area contributed by atoms with Gasteiger partial charge in [-0.05, 0) is 32.1 Å². The average Bonchev–Trinajstić information content (AvgIpc) is 3.13. The molecular weight excluding hydrogens is 222 g/mol. The van der Waals surface area contributed by atoms with Crippen molar-refractivity contribution in [3.8, 4) is 0 Å². The zero-order valence-electron chi connectivity index (χ0n) is 11.9. The molecule has 1 saturated carbocycles. The van der Waals surface area contributed by atoms with E-state index in [1.165, 1.54) is 44.3 Å². The number of nitrogen functional groups attached to an aromatic ring is 1. The zero-order chi connectivity index (χ0) is 13.0. The van der Waals surface area contributed by atoms with E-state index in [2.05, 4.69) is 18.4 Å². The number of unbranched alkanes of at least 4 members (excludes halogenated alkanes) is 3. The lowest BCUT2D eigenvalue weighted by Crippen LogP contribution is -2.05. The Morgan fingerprint density at radius 3 is 2.50 bits per heavy atom. The molecule has 3 nitrogen and oxygen atoms in total. The first kappa shape index (κ1) is 13.4. The van der Waals surface area contributed by atoms with Gasteiger partial charge in [0.1, 0.15) is 11.6 Å². The number of nitrogens with two attached hydrogens (primary N) is 1. The van der Waals surface area contributed by atoms with Crippen molar-refractivity contribution in [1.29, 1.82) is 0 Å². The van der Waals surface area contributed by atoms with Crippen molar-refractivity contribution >= 4 is 5.82 Å². The van der Waals surface area contributed by atoms with Gasteiger partial charge in [-0.15, -0.1) is 0 Å². The highest BCUT2D eigenvalue weighted by Crippen LogP contribution is 2.39. The molecule has 1 fully saturated rings. The highest BCUT2D eigenvalue weighted by molar-refractivity contribution is 5.40. The molecule has 0 atom stereocenters. The van der Waals surface area contributed by atoms with Crippen molar-refractivity contribution in [2.45, 2.75) is 77.7 Å². The van der Waals surface area contributed by atoms with E-state index in [9.17, 15) is 0 Å². The lowest BCUT2D eigenvalue weighted by Gasteiger charge is -2.07. The molecule has 2 N–H and O–H groups in total. The van der Waals surface area contributed by atoms with Gasteiger partial charge in [0, 0.05) is 12.5 Å². The Labute approximate surface area is 111 Å². The summed E-state index contributed by atoms with van der Waals surface area (Å²) >= 11 is 0. The second-order valence-electron chi connectivity index (χ2n) is 5.52. The molecule has 0 aromatic carbocycles. The van der Waals surface area contributed by atoms with Crippen LogP contribution in [0.4, 0.5) is 5.82 Å². The number of hydrogen-bond acceptors (Lipinski definition) is 2. The molecule has 0 bridgehead atoms. The number of aryl methyl sites for hydroxylation is 2. The Hall–Kier alpha value is -0.990. The maximum Gasteiger partial charge on any atom is 0.127 e. The maximum absolute atomic E-state index is 6.29. The Morgan fingerprint density at radius 1 is 1.11 bits per heavy atom. The van der Waals surface area contributed by atoms with E-state index >= 15 is 0 Å². The largest absolute Gasteiger partial charge is 0.384 e. The summed E-state index contributed by atoms with van der Waals surface area (Å²) in [5, 5.41) is 0. The molecule has 0 unspecified atom stereocenters. The van der Waals surface area contributed by atoms with Gasteiger partial charge in [-0.2, -0.15) is 0 Å². The highest BCUT2D eigenvalue weighted by atomic mass is 15.2. The molecule has 0 spiro atoms. The number of anilines is 1. The predicted molar refractivity (Wildman–Crippen MR) is 76.8 cm³/mol. The summed E-state index contributed by atoms with van der Waals surface area (Å²) in [6, 6.07) is 0.656. The van der Waals surface area contributed by atoms with Crippen molar-refractivity contribution in [3.05, 3.63) is 11.5 Å². The van der Waals surface area contributed by atoms with Crippen LogP contribution < -0.4 is 5.73 Å². The summed E-state index contributed by atoms with van der Waals surface area (Å²) in [6.07, 6.45) is 11.0. The minimum Gasteiger partial charge on any atom is -0.384 e. The van der Waals surface area contributed by atoms with Crippen LogP contribution in [0.2, 0.25) is 0 Å². The maximum atomic E-state index is 6.29. The van der Waals surface area contributed by atoms with Gasteiger partial charge in [-0.3, -0.25) is 0 Å². The number of hydrogen-bond donors (Lipinski definition) is 1. The van der Waals surface area contributed by atoms with Crippen LogP contribution in [0.5, 0.6) is 0 Å². The predicted octanol–water partition coefficient (Wildman–Crippen LogP) is 3.88. The van der Waals surface area contributed by atoms with Gasteiger partial charge >= 0.3 is 0 Å². The molecule has 0 radical (unpaired) electrons. The van der Waals surface area contributed by atoms with Gasteiger partial charge in [0.2, 0.25) is 0 Å². The van der Waals surface area contributed by atoms with Crippen LogP contribution in [0.1, 0.15) is 76.4 Å².